The first kappa shape index (κ1) is 11.9. The molecule has 19 heavy (non-hydrogen) atoms. The Labute approximate surface area is 111 Å². The molecular weight excluding hydrogens is 238 g/mol. The summed E-state index contributed by atoms with van der Waals surface area (Å²) in [4.78, 5) is 4.45. The number of aryl methyl sites for hydroxylation is 1. The molecule has 0 saturated heterocycles. The monoisotopic (exact) mass is 253 g/mol. The second-order valence-electron chi connectivity index (χ2n) is 4.49. The third-order valence-corrected chi connectivity index (χ3v) is 3.31. The van der Waals surface area contributed by atoms with Crippen LogP contribution in [0.15, 0.2) is 53.3 Å². The van der Waals surface area contributed by atoms with Gasteiger partial charge in [-0.1, -0.05) is 24.3 Å². The van der Waals surface area contributed by atoms with Gasteiger partial charge in [-0.25, -0.2) is 5.43 Å². The zero-order chi connectivity index (χ0) is 13.2. The summed E-state index contributed by atoms with van der Waals surface area (Å²) in [5.41, 5.74) is 5.83. The molecule has 4 heteroatoms. The van der Waals surface area contributed by atoms with Crippen LogP contribution in [0.1, 0.15) is 22.9 Å². The van der Waals surface area contributed by atoms with Gasteiger partial charge in [0.1, 0.15) is 11.8 Å². The van der Waals surface area contributed by atoms with E-state index in [9.17, 15) is 0 Å². The number of pyridine rings is 1. The van der Waals surface area contributed by atoms with E-state index in [1.807, 2.05) is 43.3 Å². The first-order valence-electron chi connectivity index (χ1n) is 6.15. The molecule has 0 amide bonds. The van der Waals surface area contributed by atoms with Crippen molar-refractivity contribution in [3.05, 3.63) is 65.7 Å². The Bertz CT molecular complexity index is 700. The van der Waals surface area contributed by atoms with Crippen molar-refractivity contribution in [3.63, 3.8) is 0 Å². The van der Waals surface area contributed by atoms with Gasteiger partial charge in [-0.05, 0) is 24.6 Å². The van der Waals surface area contributed by atoms with E-state index in [1.165, 1.54) is 0 Å². The molecule has 4 nitrogen and oxygen atoms in total. The van der Waals surface area contributed by atoms with Gasteiger partial charge in [0.15, 0.2) is 0 Å². The number of hydrogen-bond acceptors (Lipinski definition) is 4. The van der Waals surface area contributed by atoms with Crippen molar-refractivity contribution >= 4 is 10.9 Å². The normalized spacial score (nSPS) is 12.7. The van der Waals surface area contributed by atoms with E-state index in [0.29, 0.717) is 0 Å². The van der Waals surface area contributed by atoms with E-state index in [4.69, 9.17) is 10.3 Å². The van der Waals surface area contributed by atoms with Crippen molar-refractivity contribution in [2.45, 2.75) is 13.0 Å². The van der Waals surface area contributed by atoms with E-state index in [1.54, 1.807) is 12.5 Å². The van der Waals surface area contributed by atoms with Crippen LogP contribution in [0.3, 0.4) is 0 Å². The number of nitrogens with two attached hydrogens (primary N) is 1. The van der Waals surface area contributed by atoms with Crippen LogP contribution in [-0.2, 0) is 0 Å². The number of para-hydroxylation sites is 1. The molecule has 2 heterocycles. The molecule has 1 atom stereocenters. The fourth-order valence-corrected chi connectivity index (χ4v) is 2.35. The van der Waals surface area contributed by atoms with E-state index in [2.05, 4.69) is 10.4 Å². The first-order valence-corrected chi connectivity index (χ1v) is 6.15. The third-order valence-electron chi connectivity index (χ3n) is 3.31. The standard InChI is InChI=1S/C15H15N3O/c1-10-7-9-19-15(10)14(18-16)12-6-2-4-11-5-3-8-17-13(11)12/h2-9,14,18H,16H2,1H3. The Morgan fingerprint density at radius 1 is 1.21 bits per heavy atom. The van der Waals surface area contributed by atoms with Crippen LogP contribution in [0.4, 0.5) is 0 Å². The summed E-state index contributed by atoms with van der Waals surface area (Å²) in [6, 6.07) is 11.7. The molecule has 1 aromatic carbocycles. The van der Waals surface area contributed by atoms with Gasteiger partial charge in [0.25, 0.3) is 0 Å². The van der Waals surface area contributed by atoms with Crippen LogP contribution >= 0.6 is 0 Å². The molecule has 0 saturated carbocycles. The summed E-state index contributed by atoms with van der Waals surface area (Å²) < 4.78 is 5.55. The number of hydrazine groups is 1. The lowest BCUT2D eigenvalue weighted by Crippen LogP contribution is -2.29. The minimum absolute atomic E-state index is 0.200. The maximum Gasteiger partial charge on any atom is 0.129 e. The maximum absolute atomic E-state index is 5.72. The van der Waals surface area contributed by atoms with Gasteiger partial charge in [-0.15, -0.1) is 0 Å². The van der Waals surface area contributed by atoms with Gasteiger partial charge in [0.05, 0.1) is 11.8 Å². The molecule has 0 radical (unpaired) electrons. The van der Waals surface area contributed by atoms with Gasteiger partial charge >= 0.3 is 0 Å². The summed E-state index contributed by atoms with van der Waals surface area (Å²) >= 11 is 0. The molecule has 3 N–H and O–H groups in total. The fourth-order valence-electron chi connectivity index (χ4n) is 2.35. The summed E-state index contributed by atoms with van der Waals surface area (Å²) in [7, 11) is 0. The predicted molar refractivity (Wildman–Crippen MR) is 74.4 cm³/mol. The molecule has 0 aliphatic carbocycles. The quantitative estimate of drug-likeness (QED) is 0.556. The second kappa shape index (κ2) is 4.84. The number of aromatic nitrogens is 1. The Balaban J connectivity index is 2.20. The number of hydrogen-bond donors (Lipinski definition) is 2. The highest BCUT2D eigenvalue weighted by molar-refractivity contribution is 5.82. The van der Waals surface area contributed by atoms with Gasteiger partial charge in [0, 0.05) is 17.1 Å². The average Bonchev–Trinajstić information content (AvgIpc) is 2.86. The number of nitrogens with one attached hydrogen (secondary N) is 1. The lowest BCUT2D eigenvalue weighted by molar-refractivity contribution is 0.450. The lowest BCUT2D eigenvalue weighted by Gasteiger charge is -2.16. The zero-order valence-corrected chi connectivity index (χ0v) is 10.6. The zero-order valence-electron chi connectivity index (χ0n) is 10.6. The summed E-state index contributed by atoms with van der Waals surface area (Å²) in [6.45, 7) is 2.00. The van der Waals surface area contributed by atoms with Gasteiger partial charge < -0.3 is 4.42 Å². The highest BCUT2D eigenvalue weighted by Gasteiger charge is 2.20. The van der Waals surface area contributed by atoms with Crippen molar-refractivity contribution in [1.29, 1.82) is 0 Å². The third kappa shape index (κ3) is 2.01. The first-order chi connectivity index (χ1) is 9.31. The number of fused-ring (bicyclic) bond motifs is 1. The summed E-state index contributed by atoms with van der Waals surface area (Å²) in [6.07, 6.45) is 3.46. The molecular formula is C15H15N3O. The smallest absolute Gasteiger partial charge is 0.129 e. The highest BCUT2D eigenvalue weighted by Crippen LogP contribution is 2.29. The van der Waals surface area contributed by atoms with Crippen LogP contribution in [0.2, 0.25) is 0 Å². The molecule has 96 valence electrons. The minimum atomic E-state index is -0.200. The Kier molecular flexibility index (Phi) is 3.03. The molecule has 0 spiro atoms. The van der Waals surface area contributed by atoms with Crippen LogP contribution < -0.4 is 11.3 Å². The molecule has 2 aromatic heterocycles. The second-order valence-corrected chi connectivity index (χ2v) is 4.49. The SMILES string of the molecule is Cc1ccoc1C(NN)c1cccc2cccnc12. The molecule has 0 bridgehead atoms. The van der Waals surface area contributed by atoms with Crippen molar-refractivity contribution < 1.29 is 4.42 Å². The topological polar surface area (TPSA) is 64.1 Å². The minimum Gasteiger partial charge on any atom is -0.467 e. The Hall–Kier alpha value is -2.17. The Morgan fingerprint density at radius 3 is 2.79 bits per heavy atom. The summed E-state index contributed by atoms with van der Waals surface area (Å²) in [5, 5.41) is 1.09. The molecule has 3 aromatic rings. The van der Waals surface area contributed by atoms with Crippen LogP contribution in [0.5, 0.6) is 0 Å². The summed E-state index contributed by atoms with van der Waals surface area (Å²) in [5.74, 6) is 6.54. The average molecular weight is 253 g/mol. The van der Waals surface area contributed by atoms with E-state index >= 15 is 0 Å². The van der Waals surface area contributed by atoms with Crippen LogP contribution in [0, 0.1) is 6.92 Å². The lowest BCUT2D eigenvalue weighted by atomic mass is 9.99. The molecule has 1 unspecified atom stereocenters. The van der Waals surface area contributed by atoms with Gasteiger partial charge in [-0.2, -0.15) is 0 Å². The van der Waals surface area contributed by atoms with Crippen molar-refractivity contribution in [3.8, 4) is 0 Å². The van der Waals surface area contributed by atoms with Crippen molar-refractivity contribution in [2.75, 3.05) is 0 Å². The number of nitrogens with zero attached hydrogens (tertiary/aromatic N) is 1. The van der Waals surface area contributed by atoms with E-state index in [0.717, 1.165) is 27.8 Å². The fraction of sp³-hybridized carbons (Fsp3) is 0.133. The van der Waals surface area contributed by atoms with E-state index in [-0.39, 0.29) is 6.04 Å². The number of furan rings is 1. The van der Waals surface area contributed by atoms with Gasteiger partial charge in [0.2, 0.25) is 0 Å². The largest absolute Gasteiger partial charge is 0.467 e. The molecule has 3 rings (SSSR count). The predicted octanol–water partition coefficient (Wildman–Crippen LogP) is 2.69. The number of benzene rings is 1. The number of rotatable bonds is 3. The van der Waals surface area contributed by atoms with Crippen LogP contribution in [-0.4, -0.2) is 4.98 Å². The van der Waals surface area contributed by atoms with Crippen molar-refractivity contribution in [1.82, 2.24) is 10.4 Å². The van der Waals surface area contributed by atoms with E-state index < -0.39 is 0 Å². The molecule has 0 fully saturated rings. The van der Waals surface area contributed by atoms with Crippen LogP contribution in [0.25, 0.3) is 10.9 Å². The molecule has 0 aliphatic rings. The van der Waals surface area contributed by atoms with Gasteiger partial charge in [-0.3, -0.25) is 10.8 Å². The maximum atomic E-state index is 5.72. The Morgan fingerprint density at radius 2 is 2.05 bits per heavy atom. The highest BCUT2D eigenvalue weighted by atomic mass is 16.3. The molecule has 0 aliphatic heterocycles. The van der Waals surface area contributed by atoms with Crippen molar-refractivity contribution in [2.24, 2.45) is 5.84 Å².